The number of benzene rings is 2. The molecule has 0 heterocycles. The highest BCUT2D eigenvalue weighted by atomic mass is 79.9. The Bertz CT molecular complexity index is 638. The Morgan fingerprint density at radius 1 is 1.21 bits per heavy atom. The third kappa shape index (κ3) is 3.31. The SMILES string of the molecule is Cc1c(Br)cccc1C(=O)Cc1ccc(Br)cc1F. The first kappa shape index (κ1) is 14.4. The van der Waals surface area contributed by atoms with Gasteiger partial charge < -0.3 is 0 Å². The minimum Gasteiger partial charge on any atom is -0.294 e. The first-order valence-corrected chi connectivity index (χ1v) is 7.30. The molecule has 2 rings (SSSR count). The fraction of sp³-hybridized carbons (Fsp3) is 0.133. The van der Waals surface area contributed by atoms with E-state index >= 15 is 0 Å². The molecule has 4 heteroatoms. The summed E-state index contributed by atoms with van der Waals surface area (Å²) < 4.78 is 15.3. The van der Waals surface area contributed by atoms with Crippen molar-refractivity contribution in [2.45, 2.75) is 13.3 Å². The van der Waals surface area contributed by atoms with E-state index in [-0.39, 0.29) is 18.0 Å². The monoisotopic (exact) mass is 384 g/mol. The maximum absolute atomic E-state index is 13.7. The van der Waals surface area contributed by atoms with Gasteiger partial charge in [0.2, 0.25) is 0 Å². The van der Waals surface area contributed by atoms with Crippen molar-refractivity contribution in [3.8, 4) is 0 Å². The Morgan fingerprint density at radius 2 is 1.95 bits per heavy atom. The molecule has 19 heavy (non-hydrogen) atoms. The summed E-state index contributed by atoms with van der Waals surface area (Å²) in [5, 5.41) is 0. The van der Waals surface area contributed by atoms with Crippen molar-refractivity contribution in [2.24, 2.45) is 0 Å². The molecule has 0 saturated heterocycles. The lowest BCUT2D eigenvalue weighted by atomic mass is 9.99. The summed E-state index contributed by atoms with van der Waals surface area (Å²) in [7, 11) is 0. The first-order valence-electron chi connectivity index (χ1n) is 5.71. The van der Waals surface area contributed by atoms with E-state index in [4.69, 9.17) is 0 Å². The number of hydrogen-bond acceptors (Lipinski definition) is 1. The van der Waals surface area contributed by atoms with Gasteiger partial charge in [-0.2, -0.15) is 0 Å². The van der Waals surface area contributed by atoms with Crippen LogP contribution in [0.2, 0.25) is 0 Å². The Morgan fingerprint density at radius 3 is 2.63 bits per heavy atom. The second-order valence-electron chi connectivity index (χ2n) is 4.25. The molecular weight excluding hydrogens is 375 g/mol. The standard InChI is InChI=1S/C15H11Br2FO/c1-9-12(3-2-4-13(9)17)15(19)7-10-5-6-11(16)8-14(10)18/h2-6,8H,7H2,1H3. The number of carbonyl (C=O) groups excluding carboxylic acids is 1. The van der Waals surface area contributed by atoms with E-state index in [9.17, 15) is 9.18 Å². The minimum absolute atomic E-state index is 0.0659. The van der Waals surface area contributed by atoms with Crippen molar-refractivity contribution in [1.82, 2.24) is 0 Å². The molecule has 0 spiro atoms. The molecular formula is C15H11Br2FO. The van der Waals surface area contributed by atoms with Crippen molar-refractivity contribution in [3.63, 3.8) is 0 Å². The van der Waals surface area contributed by atoms with Gasteiger partial charge in [0.25, 0.3) is 0 Å². The molecule has 0 aliphatic rings. The molecule has 2 aromatic carbocycles. The molecule has 98 valence electrons. The van der Waals surface area contributed by atoms with Crippen LogP contribution in [0, 0.1) is 12.7 Å². The van der Waals surface area contributed by atoms with E-state index in [1.165, 1.54) is 6.07 Å². The Hall–Kier alpha value is -1.00. The Balaban J connectivity index is 2.28. The van der Waals surface area contributed by atoms with Crippen LogP contribution in [0.5, 0.6) is 0 Å². The molecule has 0 aliphatic heterocycles. The van der Waals surface area contributed by atoms with Gasteiger partial charge in [0.1, 0.15) is 5.82 Å². The van der Waals surface area contributed by atoms with Gasteiger partial charge in [0, 0.05) is 20.9 Å². The van der Waals surface area contributed by atoms with Crippen molar-refractivity contribution >= 4 is 37.6 Å². The Labute approximate surface area is 128 Å². The lowest BCUT2D eigenvalue weighted by Crippen LogP contribution is -2.07. The van der Waals surface area contributed by atoms with Gasteiger partial charge in [-0.1, -0.05) is 50.1 Å². The molecule has 0 bridgehead atoms. The lowest BCUT2D eigenvalue weighted by molar-refractivity contribution is 0.0991. The fourth-order valence-electron chi connectivity index (χ4n) is 1.84. The predicted octanol–water partition coefficient (Wildman–Crippen LogP) is 5.08. The average molecular weight is 386 g/mol. The lowest BCUT2D eigenvalue weighted by Gasteiger charge is -2.07. The summed E-state index contributed by atoms with van der Waals surface area (Å²) in [4.78, 5) is 12.2. The minimum atomic E-state index is -0.365. The van der Waals surface area contributed by atoms with Crippen molar-refractivity contribution in [1.29, 1.82) is 0 Å². The van der Waals surface area contributed by atoms with Crippen LogP contribution in [0.25, 0.3) is 0 Å². The van der Waals surface area contributed by atoms with E-state index < -0.39 is 0 Å². The topological polar surface area (TPSA) is 17.1 Å². The molecule has 0 N–H and O–H groups in total. The molecule has 0 aliphatic carbocycles. The van der Waals surface area contributed by atoms with Gasteiger partial charge in [0.15, 0.2) is 5.78 Å². The number of halogens is 3. The van der Waals surface area contributed by atoms with Crippen LogP contribution in [0.3, 0.4) is 0 Å². The van der Waals surface area contributed by atoms with E-state index in [1.807, 2.05) is 19.1 Å². The largest absolute Gasteiger partial charge is 0.294 e. The third-order valence-electron chi connectivity index (χ3n) is 2.93. The number of hydrogen-bond donors (Lipinski definition) is 0. The highest BCUT2D eigenvalue weighted by molar-refractivity contribution is 9.10. The summed E-state index contributed by atoms with van der Waals surface area (Å²) in [5.74, 6) is -0.449. The molecule has 2 aromatic rings. The third-order valence-corrected chi connectivity index (χ3v) is 4.29. The van der Waals surface area contributed by atoms with Gasteiger partial charge in [-0.05, 0) is 36.2 Å². The van der Waals surface area contributed by atoms with Gasteiger partial charge in [0.05, 0.1) is 0 Å². The van der Waals surface area contributed by atoms with Crippen LogP contribution in [-0.2, 0) is 6.42 Å². The fourth-order valence-corrected chi connectivity index (χ4v) is 2.54. The molecule has 0 fully saturated rings. The average Bonchev–Trinajstić information content (AvgIpc) is 2.36. The highest BCUT2D eigenvalue weighted by Gasteiger charge is 2.13. The highest BCUT2D eigenvalue weighted by Crippen LogP contribution is 2.22. The van der Waals surface area contributed by atoms with Crippen LogP contribution in [0.15, 0.2) is 45.3 Å². The maximum atomic E-state index is 13.7. The summed E-state index contributed by atoms with van der Waals surface area (Å²) in [6.07, 6.45) is 0.0659. The molecule has 0 aromatic heterocycles. The van der Waals surface area contributed by atoms with Crippen molar-refractivity contribution < 1.29 is 9.18 Å². The van der Waals surface area contributed by atoms with Crippen LogP contribution >= 0.6 is 31.9 Å². The molecule has 1 nitrogen and oxygen atoms in total. The number of rotatable bonds is 3. The number of Topliss-reactive ketones (excluding diaryl/α,β-unsaturated/α-hetero) is 1. The summed E-state index contributed by atoms with van der Waals surface area (Å²) >= 11 is 6.59. The summed E-state index contributed by atoms with van der Waals surface area (Å²) in [5.41, 5.74) is 1.91. The van der Waals surface area contributed by atoms with Crippen LogP contribution in [-0.4, -0.2) is 5.78 Å². The molecule has 0 saturated carbocycles. The molecule has 0 radical (unpaired) electrons. The van der Waals surface area contributed by atoms with E-state index in [2.05, 4.69) is 31.9 Å². The molecule has 0 unspecified atom stereocenters. The van der Waals surface area contributed by atoms with Gasteiger partial charge in [-0.3, -0.25) is 4.79 Å². The molecule has 0 atom stereocenters. The number of ketones is 1. The van der Waals surface area contributed by atoms with Crippen molar-refractivity contribution in [2.75, 3.05) is 0 Å². The number of carbonyl (C=O) groups is 1. The van der Waals surface area contributed by atoms with Crippen molar-refractivity contribution in [3.05, 3.63) is 67.9 Å². The van der Waals surface area contributed by atoms with E-state index in [0.717, 1.165) is 10.0 Å². The normalized spacial score (nSPS) is 10.5. The Kier molecular flexibility index (Phi) is 4.53. The van der Waals surface area contributed by atoms with Crippen LogP contribution < -0.4 is 0 Å². The molecule has 0 amide bonds. The second-order valence-corrected chi connectivity index (χ2v) is 6.02. The zero-order chi connectivity index (χ0) is 14.0. The van der Waals surface area contributed by atoms with E-state index in [0.29, 0.717) is 15.6 Å². The van der Waals surface area contributed by atoms with E-state index in [1.54, 1.807) is 18.2 Å². The summed E-state index contributed by atoms with van der Waals surface area (Å²) in [6, 6.07) is 10.2. The predicted molar refractivity (Wildman–Crippen MR) is 81.0 cm³/mol. The van der Waals surface area contributed by atoms with Gasteiger partial charge in [-0.25, -0.2) is 4.39 Å². The smallest absolute Gasteiger partial charge is 0.167 e. The quantitative estimate of drug-likeness (QED) is 0.673. The zero-order valence-electron chi connectivity index (χ0n) is 10.2. The maximum Gasteiger partial charge on any atom is 0.167 e. The second kappa shape index (κ2) is 5.97. The zero-order valence-corrected chi connectivity index (χ0v) is 13.4. The van der Waals surface area contributed by atoms with Crippen LogP contribution in [0.1, 0.15) is 21.5 Å². The first-order chi connectivity index (χ1) is 8.99. The van der Waals surface area contributed by atoms with Gasteiger partial charge >= 0.3 is 0 Å². The summed E-state index contributed by atoms with van der Waals surface area (Å²) in [6.45, 7) is 1.87. The van der Waals surface area contributed by atoms with Crippen LogP contribution in [0.4, 0.5) is 4.39 Å². The van der Waals surface area contributed by atoms with Gasteiger partial charge in [-0.15, -0.1) is 0 Å².